The van der Waals surface area contributed by atoms with E-state index in [2.05, 4.69) is 16.1 Å². The zero-order valence-corrected chi connectivity index (χ0v) is 16.5. The van der Waals surface area contributed by atoms with Crippen LogP contribution in [-0.2, 0) is 14.3 Å². The number of halogens is 17. The third kappa shape index (κ3) is 5.25. The highest BCUT2D eigenvalue weighted by Gasteiger charge is 2.95. The number of alkyl halides is 17. The van der Waals surface area contributed by atoms with Gasteiger partial charge in [-0.1, -0.05) is 6.58 Å². The Hall–Kier alpha value is -2.02. The minimum atomic E-state index is -8.68. The van der Waals surface area contributed by atoms with Crippen LogP contribution in [0.25, 0.3) is 0 Å². The molecule has 0 unspecified atom stereocenters. The van der Waals surface area contributed by atoms with Crippen LogP contribution in [0.4, 0.5) is 74.6 Å². The van der Waals surface area contributed by atoms with E-state index >= 15 is 0 Å². The molecular formula is C15H11F17O3. The van der Waals surface area contributed by atoms with Crippen LogP contribution in [0.2, 0.25) is 0 Å². The van der Waals surface area contributed by atoms with Crippen molar-refractivity contribution in [1.82, 2.24) is 0 Å². The summed E-state index contributed by atoms with van der Waals surface area (Å²) in [5, 5.41) is 0. The second-order valence-corrected chi connectivity index (χ2v) is 6.62. The van der Waals surface area contributed by atoms with Crippen molar-refractivity contribution in [2.45, 2.75) is 54.6 Å². The molecular weight excluding hydrogens is 551 g/mol. The van der Waals surface area contributed by atoms with Gasteiger partial charge in [0.2, 0.25) is 0 Å². The molecule has 0 N–H and O–H groups in total. The minimum absolute atomic E-state index is 0.294. The third-order valence-corrected chi connectivity index (χ3v) is 3.88. The molecule has 0 spiro atoms. The summed E-state index contributed by atoms with van der Waals surface area (Å²) in [6.45, 7) is -1.39. The summed E-state index contributed by atoms with van der Waals surface area (Å²) in [6, 6.07) is 0. The lowest BCUT2D eigenvalue weighted by atomic mass is 9.89. The van der Waals surface area contributed by atoms with Crippen LogP contribution in [0.1, 0.15) is 6.92 Å². The van der Waals surface area contributed by atoms with Crippen LogP contribution in [0.15, 0.2) is 12.2 Å². The molecule has 0 aromatic rings. The average molecular weight is 562 g/mol. The van der Waals surface area contributed by atoms with Crippen LogP contribution in [-0.4, -0.2) is 73.4 Å². The van der Waals surface area contributed by atoms with Crippen molar-refractivity contribution in [3.63, 3.8) is 0 Å². The molecule has 20 heteroatoms. The lowest BCUT2D eigenvalue weighted by Crippen LogP contribution is -2.74. The summed E-state index contributed by atoms with van der Waals surface area (Å²) in [5.74, 6) is -58.1. The molecule has 0 bridgehead atoms. The highest BCUT2D eigenvalue weighted by Crippen LogP contribution is 2.63. The van der Waals surface area contributed by atoms with Gasteiger partial charge >= 0.3 is 53.6 Å². The van der Waals surface area contributed by atoms with Crippen molar-refractivity contribution in [2.24, 2.45) is 0 Å². The normalized spacial score (nSPS) is 15.3. The molecule has 0 aliphatic carbocycles. The Morgan fingerprint density at radius 3 is 1.29 bits per heavy atom. The number of hydrogen-bond acceptors (Lipinski definition) is 3. The first kappa shape index (κ1) is 33.0. The summed E-state index contributed by atoms with van der Waals surface area (Å²) in [6.07, 6.45) is -7.81. The molecule has 3 nitrogen and oxygen atoms in total. The highest BCUT2D eigenvalue weighted by atomic mass is 19.4. The SMILES string of the molecule is C=C(C)C(=O)OCCOCC(F)(F)C(F)(F)C(F)(F)C(F)(F)C(F)(F)C(F)(F)C(F)(F)C(F)(F)F. The van der Waals surface area contributed by atoms with Gasteiger partial charge in [-0.25, -0.2) is 4.79 Å². The predicted molar refractivity (Wildman–Crippen MR) is 77.3 cm³/mol. The van der Waals surface area contributed by atoms with E-state index in [0.29, 0.717) is 0 Å². The van der Waals surface area contributed by atoms with Gasteiger partial charge in [0.15, 0.2) is 0 Å². The van der Waals surface area contributed by atoms with Crippen LogP contribution < -0.4 is 0 Å². The fraction of sp³-hybridized carbons (Fsp3) is 0.800. The Bertz CT molecular complexity index is 784. The maximum absolute atomic E-state index is 13.5. The Morgan fingerprint density at radius 2 is 0.943 bits per heavy atom. The Kier molecular flexibility index (Phi) is 8.91. The topological polar surface area (TPSA) is 35.5 Å². The minimum Gasteiger partial charge on any atom is -0.460 e. The van der Waals surface area contributed by atoms with Crippen molar-refractivity contribution < 1.29 is 88.9 Å². The van der Waals surface area contributed by atoms with Gasteiger partial charge in [0.25, 0.3) is 0 Å². The predicted octanol–water partition coefficient (Wildman–Crippen LogP) is 6.13. The molecule has 0 atom stereocenters. The molecule has 0 aliphatic rings. The van der Waals surface area contributed by atoms with E-state index in [1.165, 1.54) is 0 Å². The van der Waals surface area contributed by atoms with Crippen molar-refractivity contribution in [2.75, 3.05) is 19.8 Å². The second kappa shape index (κ2) is 9.45. The lowest BCUT2D eigenvalue weighted by molar-refractivity contribution is -0.462. The van der Waals surface area contributed by atoms with Crippen LogP contribution in [0, 0.1) is 0 Å². The molecule has 0 aromatic heterocycles. The van der Waals surface area contributed by atoms with Gasteiger partial charge in [0.1, 0.15) is 13.2 Å². The Morgan fingerprint density at radius 1 is 0.600 bits per heavy atom. The molecule has 0 rings (SSSR count). The van der Waals surface area contributed by atoms with Crippen molar-refractivity contribution in [3.8, 4) is 0 Å². The summed E-state index contributed by atoms with van der Waals surface area (Å²) in [5.41, 5.74) is -0.294. The number of esters is 1. The molecule has 0 amide bonds. The molecule has 0 radical (unpaired) electrons. The van der Waals surface area contributed by atoms with E-state index in [0.717, 1.165) is 6.92 Å². The first-order valence-corrected chi connectivity index (χ1v) is 8.19. The van der Waals surface area contributed by atoms with Gasteiger partial charge in [-0.15, -0.1) is 0 Å². The number of rotatable bonds is 12. The van der Waals surface area contributed by atoms with Crippen molar-refractivity contribution >= 4 is 5.97 Å². The Balaban J connectivity index is 6.04. The van der Waals surface area contributed by atoms with Gasteiger partial charge in [0.05, 0.1) is 6.61 Å². The average Bonchev–Trinajstić information content (AvgIpc) is 2.65. The van der Waals surface area contributed by atoms with Gasteiger partial charge in [0, 0.05) is 5.57 Å². The number of carbonyl (C=O) groups is 1. The summed E-state index contributed by atoms with van der Waals surface area (Å²) < 4.78 is 230. The van der Waals surface area contributed by atoms with Crippen LogP contribution >= 0.6 is 0 Å². The van der Waals surface area contributed by atoms with Crippen molar-refractivity contribution in [1.29, 1.82) is 0 Å². The molecule has 208 valence electrons. The first-order chi connectivity index (χ1) is 15.1. The molecule has 0 saturated carbocycles. The third-order valence-electron chi connectivity index (χ3n) is 3.88. The fourth-order valence-electron chi connectivity index (χ4n) is 1.80. The maximum Gasteiger partial charge on any atom is 0.460 e. The van der Waals surface area contributed by atoms with E-state index in [-0.39, 0.29) is 5.57 Å². The van der Waals surface area contributed by atoms with Gasteiger partial charge in [-0.3, -0.25) is 0 Å². The monoisotopic (exact) mass is 562 g/mol. The number of carbonyl (C=O) groups excluding carboxylic acids is 1. The van der Waals surface area contributed by atoms with Gasteiger partial charge in [-0.05, 0) is 6.92 Å². The first-order valence-electron chi connectivity index (χ1n) is 8.19. The second-order valence-electron chi connectivity index (χ2n) is 6.62. The molecule has 0 aromatic carbocycles. The van der Waals surface area contributed by atoms with Crippen LogP contribution in [0.3, 0.4) is 0 Å². The number of hydrogen-bond donors (Lipinski definition) is 0. The van der Waals surface area contributed by atoms with Gasteiger partial charge in [-0.2, -0.15) is 74.6 Å². The van der Waals surface area contributed by atoms with E-state index in [9.17, 15) is 79.4 Å². The standard InChI is InChI=1S/C15H11F17O3/c1-6(2)7(33)35-4-3-34-5-8(16,17)9(18,19)10(20,21)11(22,23)12(24,25)13(26,27)14(28,29)15(30,31)32/h1,3-5H2,2H3. The molecule has 0 heterocycles. The zero-order valence-electron chi connectivity index (χ0n) is 16.5. The molecule has 0 saturated heterocycles. The quantitative estimate of drug-likeness (QED) is 0.124. The van der Waals surface area contributed by atoms with E-state index in [1.807, 2.05) is 0 Å². The lowest BCUT2D eigenvalue weighted by Gasteiger charge is -2.42. The Labute approximate surface area is 182 Å². The fourth-order valence-corrected chi connectivity index (χ4v) is 1.80. The van der Waals surface area contributed by atoms with Crippen molar-refractivity contribution in [3.05, 3.63) is 12.2 Å². The zero-order chi connectivity index (χ0) is 28.7. The molecule has 35 heavy (non-hydrogen) atoms. The smallest absolute Gasteiger partial charge is 0.460 e. The largest absolute Gasteiger partial charge is 0.460 e. The molecule has 0 fully saturated rings. The summed E-state index contributed by atoms with van der Waals surface area (Å²) in [4.78, 5) is 10.9. The van der Waals surface area contributed by atoms with E-state index in [1.54, 1.807) is 0 Å². The molecule has 0 aliphatic heterocycles. The number of ether oxygens (including phenoxy) is 2. The maximum atomic E-state index is 13.5. The van der Waals surface area contributed by atoms with Crippen LogP contribution in [0.5, 0.6) is 0 Å². The van der Waals surface area contributed by atoms with Gasteiger partial charge < -0.3 is 9.47 Å². The van der Waals surface area contributed by atoms with E-state index in [4.69, 9.17) is 0 Å². The highest BCUT2D eigenvalue weighted by molar-refractivity contribution is 5.86. The summed E-state index contributed by atoms with van der Waals surface area (Å²) in [7, 11) is 0. The van der Waals surface area contributed by atoms with E-state index < -0.39 is 73.4 Å². The summed E-state index contributed by atoms with van der Waals surface area (Å²) >= 11 is 0.